The average Bonchev–Trinajstić information content (AvgIpc) is 3.56. The molecule has 0 bridgehead atoms. The Kier molecular flexibility index (Phi) is 6.39. The van der Waals surface area contributed by atoms with Crippen LogP contribution in [0, 0.1) is 12.7 Å². The van der Waals surface area contributed by atoms with Crippen LogP contribution in [0.25, 0.3) is 44.4 Å². The minimum atomic E-state index is -0.431. The molecule has 1 N–H and O–H groups in total. The van der Waals surface area contributed by atoms with E-state index in [4.69, 9.17) is 9.40 Å². The van der Waals surface area contributed by atoms with Crippen molar-refractivity contribution in [2.24, 2.45) is 5.10 Å². The van der Waals surface area contributed by atoms with Gasteiger partial charge in [-0.3, -0.25) is 9.59 Å². The minimum absolute atomic E-state index is 0.00157. The Bertz CT molecular complexity index is 2250. The van der Waals surface area contributed by atoms with Gasteiger partial charge in [-0.05, 0) is 55.5 Å². The molecular formula is C34H24FN5O3. The van der Waals surface area contributed by atoms with E-state index in [9.17, 15) is 14.0 Å². The van der Waals surface area contributed by atoms with Gasteiger partial charge in [-0.1, -0.05) is 54.6 Å². The first kappa shape index (κ1) is 26.1. The number of anilines is 1. The van der Waals surface area contributed by atoms with Gasteiger partial charge in [-0.15, -0.1) is 0 Å². The molecule has 7 aromatic rings. The van der Waals surface area contributed by atoms with Crippen molar-refractivity contribution in [2.75, 3.05) is 5.32 Å². The van der Waals surface area contributed by atoms with E-state index in [0.717, 1.165) is 27.5 Å². The number of fused-ring (bicyclic) bond motifs is 3. The van der Waals surface area contributed by atoms with E-state index >= 15 is 0 Å². The number of nitrogens with zero attached hydrogens (tertiary/aromatic N) is 4. The van der Waals surface area contributed by atoms with E-state index in [-0.39, 0.29) is 23.8 Å². The molecule has 0 aliphatic heterocycles. The molecule has 0 unspecified atom stereocenters. The van der Waals surface area contributed by atoms with Crippen molar-refractivity contribution < 1.29 is 13.6 Å². The third-order valence-corrected chi connectivity index (χ3v) is 7.39. The molecule has 0 atom stereocenters. The second-order valence-corrected chi connectivity index (χ2v) is 10.1. The molecule has 0 fully saturated rings. The van der Waals surface area contributed by atoms with E-state index < -0.39 is 5.82 Å². The fourth-order valence-corrected chi connectivity index (χ4v) is 5.33. The Labute approximate surface area is 244 Å². The number of nitrogens with one attached hydrogen (secondary N) is 1. The molecule has 210 valence electrons. The van der Waals surface area contributed by atoms with Gasteiger partial charge in [-0.25, -0.2) is 9.37 Å². The number of carbonyl (C=O) groups excluding carboxylic acids is 1. The summed E-state index contributed by atoms with van der Waals surface area (Å²) in [7, 11) is 0. The standard InChI is InChI=1S/C34H24FN5O3/c1-21-27(25-12-4-6-15-29(25)39(21)20-32(41)37-24-11-8-10-23(35)18-24)19-36-40-33(31-17-22-9-2-7-16-30(22)43-31)38-28-14-5-3-13-26(28)34(40)42/h2-19H,20H2,1H3,(H,37,41). The molecule has 8 nitrogen and oxygen atoms in total. The lowest BCUT2D eigenvalue weighted by Crippen LogP contribution is -2.20. The number of carbonyl (C=O) groups is 1. The highest BCUT2D eigenvalue weighted by molar-refractivity contribution is 6.02. The predicted molar refractivity (Wildman–Crippen MR) is 166 cm³/mol. The van der Waals surface area contributed by atoms with E-state index in [0.29, 0.717) is 27.9 Å². The number of hydrogen-bond donors (Lipinski definition) is 1. The topological polar surface area (TPSA) is 94.4 Å². The summed E-state index contributed by atoms with van der Waals surface area (Å²) in [5, 5.41) is 9.57. The molecule has 43 heavy (non-hydrogen) atoms. The van der Waals surface area contributed by atoms with Crippen LogP contribution in [0.5, 0.6) is 0 Å². The maximum atomic E-state index is 13.7. The van der Waals surface area contributed by atoms with E-state index in [2.05, 4.69) is 10.4 Å². The van der Waals surface area contributed by atoms with Crippen LogP contribution < -0.4 is 10.9 Å². The smallest absolute Gasteiger partial charge is 0.282 e. The van der Waals surface area contributed by atoms with Crippen molar-refractivity contribution in [3.05, 3.63) is 131 Å². The number of para-hydroxylation sites is 3. The summed E-state index contributed by atoms with van der Waals surface area (Å²) < 4.78 is 22.8. The first-order chi connectivity index (χ1) is 21.0. The fraction of sp³-hybridized carbons (Fsp3) is 0.0588. The van der Waals surface area contributed by atoms with Gasteiger partial charge in [0, 0.05) is 33.2 Å². The molecule has 4 aromatic carbocycles. The lowest BCUT2D eigenvalue weighted by molar-refractivity contribution is -0.116. The van der Waals surface area contributed by atoms with Gasteiger partial charge in [0.25, 0.3) is 5.56 Å². The number of rotatable bonds is 6. The Morgan fingerprint density at radius 2 is 1.72 bits per heavy atom. The fourth-order valence-electron chi connectivity index (χ4n) is 5.33. The second-order valence-electron chi connectivity index (χ2n) is 10.1. The van der Waals surface area contributed by atoms with Crippen LogP contribution >= 0.6 is 0 Å². The molecule has 3 aromatic heterocycles. The maximum Gasteiger partial charge on any atom is 0.282 e. The lowest BCUT2D eigenvalue weighted by atomic mass is 10.1. The number of benzene rings is 4. The quantitative estimate of drug-likeness (QED) is 0.225. The van der Waals surface area contributed by atoms with Gasteiger partial charge in [0.1, 0.15) is 17.9 Å². The second kappa shape index (κ2) is 10.5. The van der Waals surface area contributed by atoms with Crippen molar-refractivity contribution >= 4 is 50.6 Å². The number of hydrogen-bond acceptors (Lipinski definition) is 5. The van der Waals surface area contributed by atoms with Crippen molar-refractivity contribution in [1.29, 1.82) is 0 Å². The molecule has 0 aliphatic carbocycles. The van der Waals surface area contributed by atoms with E-state index in [1.165, 1.54) is 16.8 Å². The third kappa shape index (κ3) is 4.76. The summed E-state index contributed by atoms with van der Waals surface area (Å²) in [6.07, 6.45) is 1.61. The molecule has 0 spiro atoms. The first-order valence-corrected chi connectivity index (χ1v) is 13.6. The van der Waals surface area contributed by atoms with Crippen LogP contribution in [0.2, 0.25) is 0 Å². The Morgan fingerprint density at radius 1 is 0.953 bits per heavy atom. The normalized spacial score (nSPS) is 11.7. The highest BCUT2D eigenvalue weighted by atomic mass is 19.1. The van der Waals surface area contributed by atoms with Gasteiger partial charge in [-0.2, -0.15) is 9.78 Å². The largest absolute Gasteiger partial charge is 0.453 e. The van der Waals surface area contributed by atoms with Gasteiger partial charge in [0.05, 0.1) is 17.1 Å². The number of furan rings is 1. The zero-order valence-electron chi connectivity index (χ0n) is 23.0. The highest BCUT2D eigenvalue weighted by Gasteiger charge is 2.18. The van der Waals surface area contributed by atoms with Gasteiger partial charge in [0.15, 0.2) is 5.76 Å². The Balaban J connectivity index is 1.33. The molecule has 1 amide bonds. The summed E-state index contributed by atoms with van der Waals surface area (Å²) >= 11 is 0. The van der Waals surface area contributed by atoms with Crippen LogP contribution in [0.15, 0.2) is 117 Å². The summed E-state index contributed by atoms with van der Waals surface area (Å²) in [6.45, 7) is 1.89. The summed E-state index contributed by atoms with van der Waals surface area (Å²) in [5.41, 5.74) is 3.57. The van der Waals surface area contributed by atoms with Crippen LogP contribution in [0.4, 0.5) is 10.1 Å². The molecule has 9 heteroatoms. The monoisotopic (exact) mass is 569 g/mol. The van der Waals surface area contributed by atoms with Crippen LogP contribution in [0.3, 0.4) is 0 Å². The average molecular weight is 570 g/mol. The number of halogens is 1. The molecular weight excluding hydrogens is 545 g/mol. The third-order valence-electron chi connectivity index (χ3n) is 7.39. The lowest BCUT2D eigenvalue weighted by Gasteiger charge is -2.10. The van der Waals surface area contributed by atoms with Gasteiger partial charge >= 0.3 is 0 Å². The van der Waals surface area contributed by atoms with Gasteiger partial charge < -0.3 is 14.3 Å². The zero-order valence-corrected chi connectivity index (χ0v) is 23.0. The summed E-state index contributed by atoms with van der Waals surface area (Å²) in [5.74, 6) is -0.0548. The molecule has 0 saturated heterocycles. The SMILES string of the molecule is Cc1c(C=Nn2c(-c3cc4ccccc4o3)nc3ccccc3c2=O)c2ccccc2n1CC(=O)Nc1cccc(F)c1. The van der Waals surface area contributed by atoms with Crippen molar-refractivity contribution in [2.45, 2.75) is 13.5 Å². The first-order valence-electron chi connectivity index (χ1n) is 13.6. The Hall–Kier alpha value is -5.83. The molecule has 7 rings (SSSR count). The number of amides is 1. The summed E-state index contributed by atoms with van der Waals surface area (Å²) in [4.78, 5) is 31.5. The highest BCUT2D eigenvalue weighted by Crippen LogP contribution is 2.28. The van der Waals surface area contributed by atoms with E-state index in [1.807, 2.05) is 72.2 Å². The molecule has 3 heterocycles. The number of aromatic nitrogens is 3. The van der Waals surface area contributed by atoms with Crippen molar-refractivity contribution in [3.63, 3.8) is 0 Å². The van der Waals surface area contributed by atoms with E-state index in [1.54, 1.807) is 36.5 Å². The van der Waals surface area contributed by atoms with Crippen LogP contribution in [-0.2, 0) is 11.3 Å². The van der Waals surface area contributed by atoms with Crippen molar-refractivity contribution in [1.82, 2.24) is 14.2 Å². The maximum absolute atomic E-state index is 13.7. The molecule has 0 saturated carbocycles. The van der Waals surface area contributed by atoms with Crippen molar-refractivity contribution in [3.8, 4) is 11.6 Å². The Morgan fingerprint density at radius 3 is 2.56 bits per heavy atom. The predicted octanol–water partition coefficient (Wildman–Crippen LogP) is 6.73. The molecule has 0 aliphatic rings. The summed E-state index contributed by atoms with van der Waals surface area (Å²) in [6, 6.07) is 29.9. The van der Waals surface area contributed by atoms with Crippen LogP contribution in [-0.4, -0.2) is 26.3 Å². The molecule has 0 radical (unpaired) electrons. The zero-order chi connectivity index (χ0) is 29.5. The van der Waals surface area contributed by atoms with Crippen LogP contribution in [0.1, 0.15) is 11.3 Å². The van der Waals surface area contributed by atoms with Gasteiger partial charge in [0.2, 0.25) is 11.7 Å². The minimum Gasteiger partial charge on any atom is -0.453 e.